The normalized spacial score (nSPS) is 23.0. The molecule has 1 rings (SSSR count). The summed E-state index contributed by atoms with van der Waals surface area (Å²) in [6.07, 6.45) is 6.10. The molecular weight excluding hydrogens is 182 g/mol. The zero-order valence-corrected chi connectivity index (χ0v) is 9.84. The summed E-state index contributed by atoms with van der Waals surface area (Å²) in [6.45, 7) is 6.85. The van der Waals surface area contributed by atoms with E-state index < -0.39 is 0 Å². The zero-order chi connectivity index (χ0) is 9.19. The van der Waals surface area contributed by atoms with Crippen LogP contribution < -0.4 is 0 Å². The first-order valence-corrected chi connectivity index (χ1v) is 5.06. The van der Waals surface area contributed by atoms with Crippen molar-refractivity contribution in [3.05, 3.63) is 0 Å². The molecule has 1 atom stereocenters. The minimum Gasteiger partial charge on any atom is -0.309 e. The van der Waals surface area contributed by atoms with Crippen molar-refractivity contribution in [2.75, 3.05) is 0 Å². The fraction of sp³-hybridized carbons (Fsp3) is 0.909. The van der Waals surface area contributed by atoms with Gasteiger partial charge in [0.05, 0.1) is 0 Å². The Kier molecular flexibility index (Phi) is 4.98. The van der Waals surface area contributed by atoms with Gasteiger partial charge in [-0.2, -0.15) is 0 Å². The van der Waals surface area contributed by atoms with E-state index in [2.05, 4.69) is 20.8 Å². The fourth-order valence-electron chi connectivity index (χ4n) is 1.84. The van der Waals surface area contributed by atoms with E-state index >= 15 is 0 Å². The van der Waals surface area contributed by atoms with Gasteiger partial charge in [0.1, 0.15) is 0 Å². The average Bonchev–Trinajstić information content (AvgIpc) is 2.29. The standard InChI is InChI=1S/C11H21N.ClH/c1-11(2,3)8-7-9-5-4-6-10(9)12;/h9,12H,4-8H2,1-3H3;1H. The predicted octanol–water partition coefficient (Wildman–Crippen LogP) is 4.05. The molecule has 1 aliphatic carbocycles. The predicted molar refractivity (Wildman–Crippen MR) is 61.0 cm³/mol. The van der Waals surface area contributed by atoms with Crippen molar-refractivity contribution in [2.24, 2.45) is 11.3 Å². The third kappa shape index (κ3) is 4.66. The topological polar surface area (TPSA) is 23.9 Å². The minimum atomic E-state index is 0. The third-order valence-corrected chi connectivity index (χ3v) is 2.73. The molecule has 0 radical (unpaired) electrons. The van der Waals surface area contributed by atoms with Crippen LogP contribution in [0.5, 0.6) is 0 Å². The van der Waals surface area contributed by atoms with Crippen molar-refractivity contribution < 1.29 is 0 Å². The van der Waals surface area contributed by atoms with E-state index in [-0.39, 0.29) is 12.4 Å². The molecule has 0 aromatic carbocycles. The zero-order valence-electron chi connectivity index (χ0n) is 9.02. The molecule has 0 heterocycles. The summed E-state index contributed by atoms with van der Waals surface area (Å²) in [5, 5.41) is 7.71. The molecule has 2 heteroatoms. The van der Waals surface area contributed by atoms with Gasteiger partial charge in [-0.3, -0.25) is 0 Å². The Morgan fingerprint density at radius 3 is 2.38 bits per heavy atom. The highest BCUT2D eigenvalue weighted by Gasteiger charge is 2.22. The summed E-state index contributed by atoms with van der Waals surface area (Å²) >= 11 is 0. The van der Waals surface area contributed by atoms with Crippen LogP contribution in [0, 0.1) is 16.7 Å². The molecule has 0 saturated heterocycles. The summed E-state index contributed by atoms with van der Waals surface area (Å²) in [7, 11) is 0. The van der Waals surface area contributed by atoms with Crippen molar-refractivity contribution >= 4 is 18.1 Å². The van der Waals surface area contributed by atoms with Crippen molar-refractivity contribution in [1.29, 1.82) is 5.41 Å². The summed E-state index contributed by atoms with van der Waals surface area (Å²) in [6, 6.07) is 0. The highest BCUT2D eigenvalue weighted by Crippen LogP contribution is 2.30. The van der Waals surface area contributed by atoms with Crippen molar-refractivity contribution in [1.82, 2.24) is 0 Å². The molecule has 1 fully saturated rings. The van der Waals surface area contributed by atoms with Crippen LogP contribution in [0.3, 0.4) is 0 Å². The Morgan fingerprint density at radius 1 is 1.38 bits per heavy atom. The Labute approximate surface area is 88.2 Å². The molecule has 0 amide bonds. The van der Waals surface area contributed by atoms with Gasteiger partial charge in [-0.25, -0.2) is 0 Å². The van der Waals surface area contributed by atoms with Gasteiger partial charge in [-0.05, 0) is 43.4 Å². The Hall–Kier alpha value is -0.0400. The van der Waals surface area contributed by atoms with E-state index in [0.29, 0.717) is 11.3 Å². The lowest BCUT2D eigenvalue weighted by atomic mass is 9.86. The van der Waals surface area contributed by atoms with E-state index in [1.54, 1.807) is 0 Å². The molecule has 1 aliphatic rings. The lowest BCUT2D eigenvalue weighted by Crippen LogP contribution is -2.11. The number of nitrogens with one attached hydrogen (secondary N) is 1. The van der Waals surface area contributed by atoms with Crippen LogP contribution in [0.25, 0.3) is 0 Å². The summed E-state index contributed by atoms with van der Waals surface area (Å²) in [5.41, 5.74) is 1.46. The highest BCUT2D eigenvalue weighted by atomic mass is 35.5. The maximum Gasteiger partial charge on any atom is 0.0120 e. The Balaban J connectivity index is 0.00000144. The molecule has 0 spiro atoms. The Morgan fingerprint density at radius 2 is 2.00 bits per heavy atom. The molecule has 1 saturated carbocycles. The summed E-state index contributed by atoms with van der Waals surface area (Å²) in [4.78, 5) is 0. The van der Waals surface area contributed by atoms with Gasteiger partial charge in [0.25, 0.3) is 0 Å². The van der Waals surface area contributed by atoms with E-state index in [9.17, 15) is 0 Å². The van der Waals surface area contributed by atoms with Crippen LogP contribution in [-0.2, 0) is 0 Å². The first-order valence-electron chi connectivity index (χ1n) is 5.06. The second-order valence-electron chi connectivity index (χ2n) is 5.21. The van der Waals surface area contributed by atoms with Gasteiger partial charge in [0, 0.05) is 5.71 Å². The van der Waals surface area contributed by atoms with E-state index in [4.69, 9.17) is 5.41 Å². The van der Waals surface area contributed by atoms with Gasteiger partial charge in [-0.1, -0.05) is 20.8 Å². The molecule has 0 aromatic rings. The van der Waals surface area contributed by atoms with Crippen molar-refractivity contribution in [3.8, 4) is 0 Å². The molecule has 0 aromatic heterocycles. The smallest absolute Gasteiger partial charge is 0.0120 e. The highest BCUT2D eigenvalue weighted by molar-refractivity contribution is 5.85. The number of hydrogen-bond donors (Lipinski definition) is 1. The molecular formula is C11H22ClN. The monoisotopic (exact) mass is 203 g/mol. The van der Waals surface area contributed by atoms with Crippen molar-refractivity contribution in [3.63, 3.8) is 0 Å². The van der Waals surface area contributed by atoms with Crippen molar-refractivity contribution in [2.45, 2.75) is 52.9 Å². The maximum absolute atomic E-state index is 7.71. The van der Waals surface area contributed by atoms with Gasteiger partial charge >= 0.3 is 0 Å². The van der Waals surface area contributed by atoms with Gasteiger partial charge in [0.15, 0.2) is 0 Å². The number of rotatable bonds is 2. The lowest BCUT2D eigenvalue weighted by Gasteiger charge is -2.20. The second kappa shape index (κ2) is 4.99. The molecule has 0 bridgehead atoms. The molecule has 13 heavy (non-hydrogen) atoms. The number of halogens is 1. The van der Waals surface area contributed by atoms with Crippen LogP contribution in [0.2, 0.25) is 0 Å². The lowest BCUT2D eigenvalue weighted by molar-refractivity contribution is 0.345. The molecule has 1 unspecified atom stereocenters. The average molecular weight is 204 g/mol. The summed E-state index contributed by atoms with van der Waals surface area (Å²) in [5.74, 6) is 0.629. The Bertz CT molecular complexity index is 169. The van der Waals surface area contributed by atoms with Crippen LogP contribution in [0.4, 0.5) is 0 Å². The fourth-order valence-corrected chi connectivity index (χ4v) is 1.84. The molecule has 1 nitrogen and oxygen atoms in total. The summed E-state index contributed by atoms with van der Waals surface area (Å²) < 4.78 is 0. The van der Waals surface area contributed by atoms with Gasteiger partial charge in [0.2, 0.25) is 0 Å². The van der Waals surface area contributed by atoms with Crippen LogP contribution in [-0.4, -0.2) is 5.71 Å². The van der Waals surface area contributed by atoms with E-state index in [0.717, 1.165) is 12.1 Å². The largest absolute Gasteiger partial charge is 0.309 e. The molecule has 78 valence electrons. The first-order chi connectivity index (χ1) is 5.49. The molecule has 0 aliphatic heterocycles. The van der Waals surface area contributed by atoms with Crippen LogP contribution in [0.15, 0.2) is 0 Å². The van der Waals surface area contributed by atoms with Crippen LogP contribution >= 0.6 is 12.4 Å². The molecule has 1 N–H and O–H groups in total. The number of hydrogen-bond acceptors (Lipinski definition) is 1. The maximum atomic E-state index is 7.71. The third-order valence-electron chi connectivity index (χ3n) is 2.73. The van der Waals surface area contributed by atoms with Crippen LogP contribution in [0.1, 0.15) is 52.9 Å². The van der Waals surface area contributed by atoms with E-state index in [1.165, 1.54) is 25.7 Å². The quantitative estimate of drug-likeness (QED) is 0.700. The first kappa shape index (κ1) is 13.0. The SMILES string of the molecule is CC(C)(C)CCC1CCCC1=N.Cl. The second-order valence-corrected chi connectivity index (χ2v) is 5.21. The minimum absolute atomic E-state index is 0. The van der Waals surface area contributed by atoms with E-state index in [1.807, 2.05) is 0 Å². The van der Waals surface area contributed by atoms with Gasteiger partial charge in [-0.15, -0.1) is 12.4 Å². The van der Waals surface area contributed by atoms with Gasteiger partial charge < -0.3 is 5.41 Å².